The first-order valence-corrected chi connectivity index (χ1v) is 14.0. The van der Waals surface area contributed by atoms with Gasteiger partial charge in [0.25, 0.3) is 0 Å². The molecular formula is C31H27NO7S. The fourth-order valence-electron chi connectivity index (χ4n) is 4.50. The Morgan fingerprint density at radius 2 is 1.60 bits per heavy atom. The number of hydrogen-bond donors (Lipinski definition) is 1. The number of carbonyl (C=O) groups is 1. The molecule has 1 aromatic heterocycles. The van der Waals surface area contributed by atoms with Crippen LogP contribution in [0.25, 0.3) is 21.7 Å². The van der Waals surface area contributed by atoms with E-state index < -0.39 is 27.7 Å². The Labute approximate surface area is 231 Å². The summed E-state index contributed by atoms with van der Waals surface area (Å²) in [4.78, 5) is 26.3. The first kappa shape index (κ1) is 27.1. The molecule has 0 unspecified atom stereocenters. The molecule has 0 saturated heterocycles. The average Bonchev–Trinajstić information content (AvgIpc) is 2.95. The number of ether oxygens (including phenoxy) is 2. The van der Waals surface area contributed by atoms with E-state index in [-0.39, 0.29) is 22.6 Å². The highest BCUT2D eigenvalue weighted by molar-refractivity contribution is 7.89. The summed E-state index contributed by atoms with van der Waals surface area (Å²) in [5.41, 5.74) is 1.80. The van der Waals surface area contributed by atoms with Crippen LogP contribution in [0.4, 0.5) is 0 Å². The van der Waals surface area contributed by atoms with Crippen molar-refractivity contribution in [2.75, 3.05) is 7.11 Å². The van der Waals surface area contributed by atoms with Gasteiger partial charge in [-0.25, -0.2) is 18.0 Å². The van der Waals surface area contributed by atoms with Crippen molar-refractivity contribution >= 4 is 37.7 Å². The third-order valence-corrected chi connectivity index (χ3v) is 8.18. The quantitative estimate of drug-likeness (QED) is 0.123. The molecule has 5 aromatic rings. The molecule has 0 aliphatic heterocycles. The van der Waals surface area contributed by atoms with E-state index in [9.17, 15) is 18.0 Å². The second-order valence-corrected chi connectivity index (χ2v) is 11.2. The molecular weight excluding hydrogens is 530 g/mol. The molecule has 1 atom stereocenters. The van der Waals surface area contributed by atoms with E-state index in [1.165, 1.54) is 19.2 Å². The largest absolute Gasteiger partial charge is 0.497 e. The lowest BCUT2D eigenvalue weighted by Gasteiger charge is -2.19. The Morgan fingerprint density at radius 1 is 0.900 bits per heavy atom. The first-order chi connectivity index (χ1) is 19.2. The van der Waals surface area contributed by atoms with Gasteiger partial charge < -0.3 is 13.9 Å². The number of carbonyl (C=O) groups excluding carboxylic acids is 1. The zero-order valence-corrected chi connectivity index (χ0v) is 22.9. The molecule has 0 saturated carbocycles. The number of fused-ring (bicyclic) bond motifs is 3. The number of hydrogen-bond acceptors (Lipinski definition) is 7. The molecule has 0 aliphatic rings. The summed E-state index contributed by atoms with van der Waals surface area (Å²) in [5, 5.41) is 1.70. The molecule has 5 rings (SSSR count). The maximum absolute atomic E-state index is 13.5. The Hall–Kier alpha value is -4.47. The van der Waals surface area contributed by atoms with Crippen molar-refractivity contribution in [3.8, 4) is 11.5 Å². The van der Waals surface area contributed by atoms with Crippen molar-refractivity contribution in [3.05, 3.63) is 112 Å². The van der Waals surface area contributed by atoms with Crippen LogP contribution in [0.15, 0.2) is 99.0 Å². The van der Waals surface area contributed by atoms with Gasteiger partial charge in [0.15, 0.2) is 0 Å². The van der Waals surface area contributed by atoms with Crippen LogP contribution < -0.4 is 19.8 Å². The highest BCUT2D eigenvalue weighted by Gasteiger charge is 2.28. The van der Waals surface area contributed by atoms with Crippen molar-refractivity contribution < 1.29 is 27.1 Å². The van der Waals surface area contributed by atoms with Gasteiger partial charge in [-0.1, -0.05) is 48.0 Å². The standard InChI is InChI=1S/C31H27NO7S/c1-19-9-12-23(13-10-19)40(35,36)32-27(17-21-7-5-4-6-8-21)31(34)38-28-16-15-25-24-14-11-22(37-3)18-26(24)30(33)39-29(25)20(28)2/h4-16,18,27,32H,17H2,1-3H3/t27-/m0/s1. The smallest absolute Gasteiger partial charge is 0.344 e. The van der Waals surface area contributed by atoms with E-state index in [1.807, 2.05) is 25.1 Å². The first-order valence-electron chi connectivity index (χ1n) is 12.5. The predicted octanol–water partition coefficient (Wildman–Crippen LogP) is 5.07. The van der Waals surface area contributed by atoms with E-state index in [2.05, 4.69) is 4.72 Å². The van der Waals surface area contributed by atoms with E-state index in [1.54, 1.807) is 61.5 Å². The fraction of sp³-hybridized carbons (Fsp3) is 0.161. The summed E-state index contributed by atoms with van der Waals surface area (Å²) in [6.07, 6.45) is 0.0684. The highest BCUT2D eigenvalue weighted by Crippen LogP contribution is 2.32. The molecule has 4 aromatic carbocycles. The second-order valence-electron chi connectivity index (χ2n) is 9.46. The van der Waals surface area contributed by atoms with Crippen LogP contribution in [-0.2, 0) is 21.2 Å². The summed E-state index contributed by atoms with van der Waals surface area (Å²) < 4.78 is 45.4. The number of nitrogens with one attached hydrogen (secondary N) is 1. The van der Waals surface area contributed by atoms with E-state index in [0.717, 1.165) is 11.1 Å². The maximum atomic E-state index is 13.5. The van der Waals surface area contributed by atoms with Gasteiger partial charge in [0.05, 0.1) is 17.4 Å². The monoisotopic (exact) mass is 557 g/mol. The van der Waals surface area contributed by atoms with Crippen molar-refractivity contribution in [2.24, 2.45) is 0 Å². The maximum Gasteiger partial charge on any atom is 0.344 e. The van der Waals surface area contributed by atoms with Gasteiger partial charge in [-0.05, 0) is 68.3 Å². The van der Waals surface area contributed by atoms with Gasteiger partial charge >= 0.3 is 11.6 Å². The predicted molar refractivity (Wildman–Crippen MR) is 152 cm³/mol. The lowest BCUT2D eigenvalue weighted by molar-refractivity contribution is -0.136. The van der Waals surface area contributed by atoms with E-state index >= 15 is 0 Å². The van der Waals surface area contributed by atoms with E-state index in [4.69, 9.17) is 13.9 Å². The normalized spacial score (nSPS) is 12.4. The molecule has 1 N–H and O–H groups in total. The van der Waals surface area contributed by atoms with Gasteiger partial charge in [-0.15, -0.1) is 0 Å². The summed E-state index contributed by atoms with van der Waals surface area (Å²) >= 11 is 0. The van der Waals surface area contributed by atoms with Crippen LogP contribution >= 0.6 is 0 Å². The minimum atomic E-state index is -4.04. The third-order valence-electron chi connectivity index (χ3n) is 6.69. The fourth-order valence-corrected chi connectivity index (χ4v) is 5.69. The average molecular weight is 558 g/mol. The topological polar surface area (TPSA) is 112 Å². The van der Waals surface area contributed by atoms with Crippen LogP contribution in [0, 0.1) is 13.8 Å². The number of rotatable bonds is 8. The molecule has 0 fully saturated rings. The summed E-state index contributed by atoms with van der Waals surface area (Å²) in [5.74, 6) is -0.116. The number of esters is 1. The van der Waals surface area contributed by atoms with E-state index in [0.29, 0.717) is 27.5 Å². The lowest BCUT2D eigenvalue weighted by Crippen LogP contribution is -2.44. The summed E-state index contributed by atoms with van der Waals surface area (Å²) in [7, 11) is -2.52. The third kappa shape index (κ3) is 5.47. The van der Waals surface area contributed by atoms with Crippen molar-refractivity contribution in [2.45, 2.75) is 31.2 Å². The zero-order valence-electron chi connectivity index (χ0n) is 22.1. The summed E-state index contributed by atoms with van der Waals surface area (Å²) in [6, 6.07) is 22.6. The Balaban J connectivity index is 1.49. The Kier molecular flexibility index (Phi) is 7.42. The summed E-state index contributed by atoms with van der Waals surface area (Å²) in [6.45, 7) is 3.53. The molecule has 8 nitrogen and oxygen atoms in total. The van der Waals surface area contributed by atoms with Crippen LogP contribution in [0.2, 0.25) is 0 Å². The van der Waals surface area contributed by atoms with Gasteiger partial charge in [0, 0.05) is 16.3 Å². The molecule has 0 bridgehead atoms. The second kappa shape index (κ2) is 11.0. The van der Waals surface area contributed by atoms with Crippen molar-refractivity contribution in [1.82, 2.24) is 4.72 Å². The van der Waals surface area contributed by atoms with Gasteiger partial charge in [-0.3, -0.25) is 0 Å². The lowest BCUT2D eigenvalue weighted by atomic mass is 10.0. The molecule has 0 aliphatic carbocycles. The SMILES string of the molecule is COc1ccc2c(c1)c(=O)oc1c(C)c(OC(=O)[C@H](Cc3ccccc3)NS(=O)(=O)c3ccc(C)cc3)ccc12. The van der Waals surface area contributed by atoms with Crippen molar-refractivity contribution in [3.63, 3.8) is 0 Å². The minimum absolute atomic E-state index is 0.0381. The van der Waals surface area contributed by atoms with Crippen LogP contribution in [-0.4, -0.2) is 27.5 Å². The molecule has 9 heteroatoms. The molecule has 0 amide bonds. The number of benzene rings is 4. The molecule has 1 heterocycles. The minimum Gasteiger partial charge on any atom is -0.497 e. The molecule has 0 spiro atoms. The Bertz CT molecular complexity index is 1880. The molecule has 40 heavy (non-hydrogen) atoms. The number of methoxy groups -OCH3 is 1. The number of sulfonamides is 1. The molecule has 204 valence electrons. The van der Waals surface area contributed by atoms with Crippen LogP contribution in [0.5, 0.6) is 11.5 Å². The van der Waals surface area contributed by atoms with Crippen LogP contribution in [0.3, 0.4) is 0 Å². The molecule has 0 radical (unpaired) electrons. The highest BCUT2D eigenvalue weighted by atomic mass is 32.2. The van der Waals surface area contributed by atoms with Crippen LogP contribution in [0.1, 0.15) is 16.7 Å². The van der Waals surface area contributed by atoms with Crippen molar-refractivity contribution in [1.29, 1.82) is 0 Å². The number of aryl methyl sites for hydroxylation is 2. The van der Waals surface area contributed by atoms with Gasteiger partial charge in [0.2, 0.25) is 10.0 Å². The van der Waals surface area contributed by atoms with Gasteiger partial charge in [0.1, 0.15) is 23.1 Å². The van der Waals surface area contributed by atoms with Gasteiger partial charge in [-0.2, -0.15) is 4.72 Å². The Morgan fingerprint density at radius 3 is 2.30 bits per heavy atom. The zero-order chi connectivity index (χ0) is 28.4.